The van der Waals surface area contributed by atoms with Gasteiger partial charge in [0.15, 0.2) is 0 Å². The Kier molecular flexibility index (Phi) is 3.61. The van der Waals surface area contributed by atoms with Crippen LogP contribution in [0.15, 0.2) is 12.3 Å². The highest BCUT2D eigenvalue weighted by molar-refractivity contribution is 4.99. The van der Waals surface area contributed by atoms with Gasteiger partial charge in [-0.2, -0.15) is 5.10 Å². The molecule has 1 aromatic rings. The summed E-state index contributed by atoms with van der Waals surface area (Å²) < 4.78 is 1.86. The number of nitrogens with zero attached hydrogens (tertiary/aromatic N) is 3. The summed E-state index contributed by atoms with van der Waals surface area (Å²) in [4.78, 5) is 2.41. The van der Waals surface area contributed by atoms with Crippen molar-refractivity contribution in [2.24, 2.45) is 18.7 Å². The third kappa shape index (κ3) is 2.44. The highest BCUT2D eigenvalue weighted by Gasteiger charge is 2.29. The number of hydrogen-bond donors (Lipinski definition) is 1. The topological polar surface area (TPSA) is 47.1 Å². The Morgan fingerprint density at radius 3 is 3.00 bits per heavy atom. The molecule has 1 aromatic heterocycles. The van der Waals surface area contributed by atoms with E-state index in [1.165, 1.54) is 19.3 Å². The van der Waals surface area contributed by atoms with Crippen molar-refractivity contribution in [2.45, 2.75) is 31.8 Å². The van der Waals surface area contributed by atoms with E-state index in [-0.39, 0.29) is 0 Å². The maximum absolute atomic E-state index is 5.81. The molecule has 1 saturated carbocycles. The summed E-state index contributed by atoms with van der Waals surface area (Å²) in [6, 6.07) is 2.73. The minimum Gasteiger partial charge on any atom is -0.330 e. The van der Waals surface area contributed by atoms with Crippen LogP contribution in [0, 0.1) is 5.92 Å². The number of nitrogens with two attached hydrogens (primary N) is 1. The van der Waals surface area contributed by atoms with Crippen LogP contribution in [0.25, 0.3) is 0 Å². The molecule has 2 atom stereocenters. The molecule has 1 aliphatic rings. The highest BCUT2D eigenvalue weighted by atomic mass is 15.3. The van der Waals surface area contributed by atoms with E-state index in [1.807, 2.05) is 17.9 Å². The van der Waals surface area contributed by atoms with Gasteiger partial charge in [0, 0.05) is 25.8 Å². The van der Waals surface area contributed by atoms with E-state index in [4.69, 9.17) is 5.73 Å². The molecular weight excluding hydrogens is 200 g/mol. The van der Waals surface area contributed by atoms with Crippen molar-refractivity contribution in [3.63, 3.8) is 0 Å². The second-order valence-corrected chi connectivity index (χ2v) is 4.89. The summed E-state index contributed by atoms with van der Waals surface area (Å²) in [5, 5.41) is 4.42. The second kappa shape index (κ2) is 4.97. The molecule has 0 aliphatic heterocycles. The molecule has 90 valence electrons. The predicted molar refractivity (Wildman–Crippen MR) is 64.9 cm³/mol. The van der Waals surface area contributed by atoms with Crippen molar-refractivity contribution in [2.75, 3.05) is 13.6 Å². The Morgan fingerprint density at radius 1 is 1.56 bits per heavy atom. The van der Waals surface area contributed by atoms with Gasteiger partial charge in [-0.3, -0.25) is 9.58 Å². The van der Waals surface area contributed by atoms with Gasteiger partial charge in [-0.05, 0) is 38.4 Å². The molecule has 0 radical (unpaired) electrons. The van der Waals surface area contributed by atoms with Crippen LogP contribution in [0.1, 0.15) is 25.0 Å². The van der Waals surface area contributed by atoms with Gasteiger partial charge in [-0.25, -0.2) is 0 Å². The zero-order valence-corrected chi connectivity index (χ0v) is 10.3. The normalized spacial score (nSPS) is 25.5. The summed E-state index contributed by atoms with van der Waals surface area (Å²) >= 11 is 0. The minimum atomic E-state index is 0.645. The third-order valence-corrected chi connectivity index (χ3v) is 3.67. The number of aromatic nitrogens is 2. The molecule has 1 heterocycles. The first-order chi connectivity index (χ1) is 7.70. The van der Waals surface area contributed by atoms with Crippen molar-refractivity contribution in [3.8, 4) is 0 Å². The standard InChI is InChI=1S/C12H22N4/c1-15(9-11-6-7-16(2)14-11)12-5-3-4-10(12)8-13/h6-7,10,12H,3-5,8-9,13H2,1-2H3. The Balaban J connectivity index is 1.94. The fourth-order valence-corrected chi connectivity index (χ4v) is 2.79. The van der Waals surface area contributed by atoms with Crippen molar-refractivity contribution < 1.29 is 0 Å². The lowest BCUT2D eigenvalue weighted by Gasteiger charge is -2.28. The molecule has 4 heteroatoms. The van der Waals surface area contributed by atoms with Crippen molar-refractivity contribution in [3.05, 3.63) is 18.0 Å². The van der Waals surface area contributed by atoms with E-state index in [0.717, 1.165) is 18.8 Å². The lowest BCUT2D eigenvalue weighted by atomic mass is 10.0. The molecule has 0 amide bonds. The summed E-state index contributed by atoms with van der Waals surface area (Å²) in [7, 11) is 4.15. The summed E-state index contributed by atoms with van der Waals surface area (Å²) in [6.45, 7) is 1.75. The minimum absolute atomic E-state index is 0.645. The van der Waals surface area contributed by atoms with Gasteiger partial charge in [0.2, 0.25) is 0 Å². The molecule has 0 aromatic carbocycles. The number of hydrogen-bond acceptors (Lipinski definition) is 3. The van der Waals surface area contributed by atoms with Crippen LogP contribution in [-0.4, -0.2) is 34.3 Å². The van der Waals surface area contributed by atoms with Gasteiger partial charge in [0.1, 0.15) is 0 Å². The van der Waals surface area contributed by atoms with Crippen LogP contribution in [0.5, 0.6) is 0 Å². The first-order valence-corrected chi connectivity index (χ1v) is 6.09. The Bertz CT molecular complexity index is 334. The van der Waals surface area contributed by atoms with Crippen LogP contribution in [0.2, 0.25) is 0 Å². The van der Waals surface area contributed by atoms with E-state index >= 15 is 0 Å². The van der Waals surface area contributed by atoms with Gasteiger partial charge in [0.05, 0.1) is 5.69 Å². The molecule has 0 saturated heterocycles. The monoisotopic (exact) mass is 222 g/mol. The van der Waals surface area contributed by atoms with Crippen LogP contribution < -0.4 is 5.73 Å². The van der Waals surface area contributed by atoms with Gasteiger partial charge in [-0.1, -0.05) is 6.42 Å². The molecule has 1 fully saturated rings. The highest BCUT2D eigenvalue weighted by Crippen LogP contribution is 2.29. The molecule has 1 aliphatic carbocycles. The zero-order valence-electron chi connectivity index (χ0n) is 10.3. The van der Waals surface area contributed by atoms with Crippen LogP contribution in [0.4, 0.5) is 0 Å². The molecular formula is C12H22N4. The molecule has 16 heavy (non-hydrogen) atoms. The molecule has 2 N–H and O–H groups in total. The van der Waals surface area contributed by atoms with Crippen molar-refractivity contribution in [1.82, 2.24) is 14.7 Å². The Morgan fingerprint density at radius 2 is 2.38 bits per heavy atom. The van der Waals surface area contributed by atoms with Gasteiger partial charge in [-0.15, -0.1) is 0 Å². The summed E-state index contributed by atoms with van der Waals surface area (Å²) in [5.74, 6) is 0.675. The van der Waals surface area contributed by atoms with E-state index < -0.39 is 0 Å². The summed E-state index contributed by atoms with van der Waals surface area (Å²) in [5.41, 5.74) is 6.96. The van der Waals surface area contributed by atoms with Crippen molar-refractivity contribution in [1.29, 1.82) is 0 Å². The van der Waals surface area contributed by atoms with E-state index in [0.29, 0.717) is 12.0 Å². The molecule has 2 unspecified atom stereocenters. The van der Waals surface area contributed by atoms with Crippen LogP contribution in [0.3, 0.4) is 0 Å². The fourth-order valence-electron chi connectivity index (χ4n) is 2.79. The first-order valence-electron chi connectivity index (χ1n) is 6.09. The fraction of sp³-hybridized carbons (Fsp3) is 0.750. The summed E-state index contributed by atoms with van der Waals surface area (Å²) in [6.07, 6.45) is 5.89. The van der Waals surface area contributed by atoms with Crippen LogP contribution >= 0.6 is 0 Å². The van der Waals surface area contributed by atoms with Gasteiger partial charge >= 0.3 is 0 Å². The SMILES string of the molecule is CN(Cc1ccn(C)n1)C1CCCC1CN. The maximum atomic E-state index is 5.81. The number of aryl methyl sites for hydroxylation is 1. The molecule has 2 rings (SSSR count). The molecule has 0 spiro atoms. The van der Waals surface area contributed by atoms with E-state index in [9.17, 15) is 0 Å². The first kappa shape index (κ1) is 11.6. The predicted octanol–water partition coefficient (Wildman–Crippen LogP) is 0.979. The number of rotatable bonds is 4. The van der Waals surface area contributed by atoms with Gasteiger partial charge in [0.25, 0.3) is 0 Å². The largest absolute Gasteiger partial charge is 0.330 e. The average molecular weight is 222 g/mol. The van der Waals surface area contributed by atoms with Crippen LogP contribution in [-0.2, 0) is 13.6 Å². The third-order valence-electron chi connectivity index (χ3n) is 3.67. The van der Waals surface area contributed by atoms with Gasteiger partial charge < -0.3 is 5.73 Å². The smallest absolute Gasteiger partial charge is 0.0764 e. The van der Waals surface area contributed by atoms with Crippen molar-refractivity contribution >= 4 is 0 Å². The Labute approximate surface area is 97.4 Å². The maximum Gasteiger partial charge on any atom is 0.0764 e. The second-order valence-electron chi connectivity index (χ2n) is 4.89. The molecule has 0 bridgehead atoms. The van der Waals surface area contributed by atoms with E-state index in [1.54, 1.807) is 0 Å². The Hall–Kier alpha value is -0.870. The zero-order chi connectivity index (χ0) is 11.5. The molecule has 4 nitrogen and oxygen atoms in total. The quantitative estimate of drug-likeness (QED) is 0.826. The lowest BCUT2D eigenvalue weighted by Crippen LogP contribution is -2.37. The average Bonchev–Trinajstić information content (AvgIpc) is 2.86. The van der Waals surface area contributed by atoms with E-state index in [2.05, 4.69) is 23.1 Å². The lowest BCUT2D eigenvalue weighted by molar-refractivity contribution is 0.190.